The molecule has 1 heterocycles. The van der Waals surface area contributed by atoms with Crippen LogP contribution < -0.4 is 10.6 Å². The van der Waals surface area contributed by atoms with Crippen molar-refractivity contribution in [2.75, 3.05) is 11.9 Å². The second-order valence-corrected chi connectivity index (χ2v) is 5.03. The normalized spacial score (nSPS) is 10.1. The van der Waals surface area contributed by atoms with Gasteiger partial charge in [0.2, 0.25) is 5.91 Å². The van der Waals surface area contributed by atoms with Gasteiger partial charge in [0.15, 0.2) is 0 Å². The molecule has 5 heteroatoms. The molecule has 2 rings (SSSR count). The number of carbonyl (C=O) groups excluding carboxylic acids is 2. The van der Waals surface area contributed by atoms with Gasteiger partial charge in [-0.25, -0.2) is 0 Å². The molecule has 0 aliphatic carbocycles. The van der Waals surface area contributed by atoms with Gasteiger partial charge in [-0.3, -0.25) is 9.59 Å². The van der Waals surface area contributed by atoms with E-state index >= 15 is 0 Å². The number of hydrogen-bond acceptors (Lipinski definition) is 3. The smallest absolute Gasteiger partial charge is 0.252 e. The zero-order chi connectivity index (χ0) is 14.4. The molecule has 0 atom stereocenters. The Balaban J connectivity index is 1.88. The van der Waals surface area contributed by atoms with Gasteiger partial charge >= 0.3 is 0 Å². The van der Waals surface area contributed by atoms with Crippen molar-refractivity contribution in [2.24, 2.45) is 0 Å². The minimum Gasteiger partial charge on any atom is -0.343 e. The maximum Gasteiger partial charge on any atom is 0.252 e. The van der Waals surface area contributed by atoms with E-state index in [1.54, 1.807) is 11.4 Å². The number of anilines is 1. The lowest BCUT2D eigenvalue weighted by Crippen LogP contribution is -2.32. The molecule has 0 fully saturated rings. The third kappa shape index (κ3) is 3.68. The standard InChI is InChI=1S/C15H16N2O2S/c1-2-11-5-3-4-6-13(11)17-14(18)9-16-15(19)12-7-8-20-10-12/h3-8,10H,2,9H2,1H3,(H,16,19)(H,17,18). The Morgan fingerprint density at radius 2 is 2.00 bits per heavy atom. The number of benzene rings is 1. The van der Waals surface area contributed by atoms with Gasteiger partial charge in [-0.2, -0.15) is 11.3 Å². The van der Waals surface area contributed by atoms with Crippen molar-refractivity contribution >= 4 is 28.8 Å². The lowest BCUT2D eigenvalue weighted by molar-refractivity contribution is -0.115. The number of thiophene rings is 1. The summed E-state index contributed by atoms with van der Waals surface area (Å²) in [6.45, 7) is 2.00. The first-order valence-electron chi connectivity index (χ1n) is 6.39. The Morgan fingerprint density at radius 3 is 2.70 bits per heavy atom. The van der Waals surface area contributed by atoms with E-state index in [4.69, 9.17) is 0 Å². The zero-order valence-electron chi connectivity index (χ0n) is 11.2. The van der Waals surface area contributed by atoms with Gasteiger partial charge in [-0.15, -0.1) is 0 Å². The first-order valence-corrected chi connectivity index (χ1v) is 7.33. The van der Waals surface area contributed by atoms with Gasteiger partial charge in [-0.1, -0.05) is 25.1 Å². The van der Waals surface area contributed by atoms with Gasteiger partial charge in [0.05, 0.1) is 6.54 Å². The van der Waals surface area contributed by atoms with Crippen LogP contribution in [0.4, 0.5) is 5.69 Å². The minimum atomic E-state index is -0.231. The van der Waals surface area contributed by atoms with Crippen LogP contribution in [-0.2, 0) is 11.2 Å². The second-order valence-electron chi connectivity index (χ2n) is 4.25. The van der Waals surface area contributed by atoms with Crippen molar-refractivity contribution < 1.29 is 9.59 Å². The van der Waals surface area contributed by atoms with Crippen molar-refractivity contribution in [1.29, 1.82) is 0 Å². The number of para-hydroxylation sites is 1. The van der Waals surface area contributed by atoms with Gasteiger partial charge in [0, 0.05) is 16.6 Å². The summed E-state index contributed by atoms with van der Waals surface area (Å²) in [6.07, 6.45) is 0.845. The minimum absolute atomic E-state index is 0.0350. The van der Waals surface area contributed by atoms with Crippen LogP contribution in [0.25, 0.3) is 0 Å². The predicted octanol–water partition coefficient (Wildman–Crippen LogP) is 2.68. The maximum atomic E-state index is 11.8. The molecule has 1 aromatic carbocycles. The van der Waals surface area contributed by atoms with Crippen LogP contribution in [0.1, 0.15) is 22.8 Å². The molecule has 0 radical (unpaired) electrons. The molecule has 0 aliphatic heterocycles. The molecule has 0 saturated carbocycles. The molecule has 0 aliphatic rings. The third-order valence-electron chi connectivity index (χ3n) is 2.87. The highest BCUT2D eigenvalue weighted by molar-refractivity contribution is 7.08. The van der Waals surface area contributed by atoms with E-state index in [0.717, 1.165) is 17.7 Å². The lowest BCUT2D eigenvalue weighted by Gasteiger charge is -2.10. The quantitative estimate of drug-likeness (QED) is 0.888. The lowest BCUT2D eigenvalue weighted by atomic mass is 10.1. The van der Waals surface area contributed by atoms with E-state index < -0.39 is 0 Å². The molecule has 20 heavy (non-hydrogen) atoms. The fraction of sp³-hybridized carbons (Fsp3) is 0.200. The van der Waals surface area contributed by atoms with Gasteiger partial charge in [-0.05, 0) is 29.5 Å². The number of carbonyl (C=O) groups is 2. The summed E-state index contributed by atoms with van der Waals surface area (Å²) in [5, 5.41) is 8.98. The number of aryl methyl sites for hydroxylation is 1. The highest BCUT2D eigenvalue weighted by Crippen LogP contribution is 2.15. The number of rotatable bonds is 5. The van der Waals surface area contributed by atoms with Crippen LogP contribution in [0.15, 0.2) is 41.1 Å². The van der Waals surface area contributed by atoms with E-state index in [-0.39, 0.29) is 18.4 Å². The van der Waals surface area contributed by atoms with E-state index in [1.807, 2.05) is 36.6 Å². The summed E-state index contributed by atoms with van der Waals surface area (Å²) in [7, 11) is 0. The van der Waals surface area contributed by atoms with Crippen LogP contribution >= 0.6 is 11.3 Å². The molecule has 104 valence electrons. The van der Waals surface area contributed by atoms with Crippen molar-refractivity contribution in [1.82, 2.24) is 5.32 Å². The monoisotopic (exact) mass is 288 g/mol. The average Bonchev–Trinajstić information content (AvgIpc) is 2.99. The highest BCUT2D eigenvalue weighted by atomic mass is 32.1. The third-order valence-corrected chi connectivity index (χ3v) is 3.55. The van der Waals surface area contributed by atoms with Crippen molar-refractivity contribution in [3.63, 3.8) is 0 Å². The summed E-state index contributed by atoms with van der Waals surface area (Å²) >= 11 is 1.45. The van der Waals surface area contributed by atoms with Crippen LogP contribution in [0.5, 0.6) is 0 Å². The predicted molar refractivity (Wildman–Crippen MR) is 81.1 cm³/mol. The summed E-state index contributed by atoms with van der Waals surface area (Å²) in [6, 6.07) is 9.37. The molecule has 2 amide bonds. The molecule has 0 saturated heterocycles. The van der Waals surface area contributed by atoms with Crippen LogP contribution in [0.2, 0.25) is 0 Å². The van der Waals surface area contributed by atoms with Crippen molar-refractivity contribution in [3.8, 4) is 0 Å². The Bertz CT molecular complexity index is 594. The van der Waals surface area contributed by atoms with E-state index in [1.165, 1.54) is 11.3 Å². The fourth-order valence-electron chi connectivity index (χ4n) is 1.80. The molecule has 2 aromatic rings. The van der Waals surface area contributed by atoms with E-state index in [2.05, 4.69) is 10.6 Å². The molecular formula is C15H16N2O2S. The Hall–Kier alpha value is -2.14. The van der Waals surface area contributed by atoms with Crippen LogP contribution in [0, 0.1) is 0 Å². The highest BCUT2D eigenvalue weighted by Gasteiger charge is 2.09. The molecular weight excluding hydrogens is 272 g/mol. The molecule has 4 nitrogen and oxygen atoms in total. The van der Waals surface area contributed by atoms with E-state index in [0.29, 0.717) is 5.56 Å². The molecule has 2 N–H and O–H groups in total. The molecule has 0 spiro atoms. The van der Waals surface area contributed by atoms with Crippen molar-refractivity contribution in [3.05, 3.63) is 52.2 Å². The first kappa shape index (κ1) is 14.3. The Kier molecular flexibility index (Phi) is 4.90. The topological polar surface area (TPSA) is 58.2 Å². The molecule has 1 aromatic heterocycles. The Labute approximate surface area is 121 Å². The number of hydrogen-bond donors (Lipinski definition) is 2. The van der Waals surface area contributed by atoms with Crippen molar-refractivity contribution in [2.45, 2.75) is 13.3 Å². The summed E-state index contributed by atoms with van der Waals surface area (Å²) < 4.78 is 0. The van der Waals surface area contributed by atoms with Crippen LogP contribution in [-0.4, -0.2) is 18.4 Å². The SMILES string of the molecule is CCc1ccccc1NC(=O)CNC(=O)c1ccsc1. The summed E-state index contributed by atoms with van der Waals surface area (Å²) in [5.74, 6) is -0.459. The summed E-state index contributed by atoms with van der Waals surface area (Å²) in [4.78, 5) is 23.5. The van der Waals surface area contributed by atoms with Gasteiger partial charge in [0.1, 0.15) is 0 Å². The van der Waals surface area contributed by atoms with Gasteiger partial charge in [0.25, 0.3) is 5.91 Å². The maximum absolute atomic E-state index is 11.8. The number of nitrogens with one attached hydrogen (secondary N) is 2. The zero-order valence-corrected chi connectivity index (χ0v) is 12.0. The fourth-order valence-corrected chi connectivity index (χ4v) is 2.44. The molecule has 0 bridgehead atoms. The first-order chi connectivity index (χ1) is 9.70. The second kappa shape index (κ2) is 6.86. The summed E-state index contributed by atoms with van der Waals surface area (Å²) in [5.41, 5.74) is 2.45. The van der Waals surface area contributed by atoms with E-state index in [9.17, 15) is 9.59 Å². The number of amides is 2. The van der Waals surface area contributed by atoms with Crippen LogP contribution in [0.3, 0.4) is 0 Å². The largest absolute Gasteiger partial charge is 0.343 e. The molecule has 0 unspecified atom stereocenters. The average molecular weight is 288 g/mol. The van der Waals surface area contributed by atoms with Gasteiger partial charge < -0.3 is 10.6 Å². The Morgan fingerprint density at radius 1 is 1.20 bits per heavy atom.